The molecule has 0 rings (SSSR count). The molecule has 0 saturated heterocycles. The lowest BCUT2D eigenvalue weighted by molar-refractivity contribution is -0.167. The summed E-state index contributed by atoms with van der Waals surface area (Å²) >= 11 is 0. The SMILES string of the molecule is CCC(C)CCCCCCCCCCCCC(=O)OC[C@H](COC(=O)CCCCCCCCC(C)CC)OC(=O)CCCCCCCCCCCCC(C)CC. The Kier molecular flexibility index (Phi) is 40.4. The van der Waals surface area contributed by atoms with Crippen molar-refractivity contribution in [1.82, 2.24) is 0 Å². The quantitative estimate of drug-likeness (QED) is 0.0348. The first-order valence-electron chi connectivity index (χ1n) is 24.7. The Balaban J connectivity index is 4.35. The molecule has 56 heavy (non-hydrogen) atoms. The smallest absolute Gasteiger partial charge is 0.306 e. The topological polar surface area (TPSA) is 78.9 Å². The van der Waals surface area contributed by atoms with E-state index in [9.17, 15) is 14.4 Å². The molecule has 0 saturated carbocycles. The maximum Gasteiger partial charge on any atom is 0.306 e. The normalized spacial score (nSPS) is 13.6. The number of carbonyl (C=O) groups excluding carboxylic acids is 3. The van der Waals surface area contributed by atoms with Gasteiger partial charge in [0.15, 0.2) is 6.10 Å². The van der Waals surface area contributed by atoms with Crippen LogP contribution in [0.25, 0.3) is 0 Å². The minimum Gasteiger partial charge on any atom is -0.462 e. The highest BCUT2D eigenvalue weighted by Crippen LogP contribution is 2.18. The van der Waals surface area contributed by atoms with Crippen molar-refractivity contribution in [1.29, 1.82) is 0 Å². The van der Waals surface area contributed by atoms with E-state index >= 15 is 0 Å². The summed E-state index contributed by atoms with van der Waals surface area (Å²) in [7, 11) is 0. The van der Waals surface area contributed by atoms with E-state index in [1.54, 1.807) is 0 Å². The largest absolute Gasteiger partial charge is 0.462 e. The molecule has 6 heteroatoms. The minimum atomic E-state index is -0.763. The van der Waals surface area contributed by atoms with Crippen LogP contribution in [0.5, 0.6) is 0 Å². The van der Waals surface area contributed by atoms with E-state index < -0.39 is 6.10 Å². The Morgan fingerprint density at radius 3 is 0.839 bits per heavy atom. The summed E-state index contributed by atoms with van der Waals surface area (Å²) in [6.45, 7) is 13.7. The van der Waals surface area contributed by atoms with Gasteiger partial charge in [-0.05, 0) is 37.0 Å². The fourth-order valence-corrected chi connectivity index (χ4v) is 7.31. The Bertz CT molecular complexity index is 874. The molecule has 0 N–H and O–H groups in total. The number of carbonyl (C=O) groups is 3. The zero-order valence-corrected chi connectivity index (χ0v) is 38.4. The van der Waals surface area contributed by atoms with Gasteiger partial charge in [-0.2, -0.15) is 0 Å². The fraction of sp³-hybridized carbons (Fsp3) is 0.940. The lowest BCUT2D eigenvalue weighted by Gasteiger charge is -2.18. The van der Waals surface area contributed by atoms with Crippen LogP contribution in [0.1, 0.15) is 266 Å². The van der Waals surface area contributed by atoms with E-state index in [1.165, 1.54) is 148 Å². The Morgan fingerprint density at radius 1 is 0.339 bits per heavy atom. The monoisotopic (exact) mass is 793 g/mol. The molecule has 0 radical (unpaired) electrons. The van der Waals surface area contributed by atoms with E-state index in [1.807, 2.05) is 0 Å². The van der Waals surface area contributed by atoms with Gasteiger partial charge < -0.3 is 14.2 Å². The van der Waals surface area contributed by atoms with Gasteiger partial charge in [0.25, 0.3) is 0 Å². The maximum atomic E-state index is 12.8. The summed E-state index contributed by atoms with van der Waals surface area (Å²) in [6.07, 6.45) is 39.3. The predicted octanol–water partition coefficient (Wildman–Crippen LogP) is 15.6. The molecule has 332 valence electrons. The molecule has 0 heterocycles. The van der Waals surface area contributed by atoms with Gasteiger partial charge in [-0.25, -0.2) is 0 Å². The van der Waals surface area contributed by atoms with Crippen molar-refractivity contribution in [3.63, 3.8) is 0 Å². The molecule has 4 atom stereocenters. The molecule has 0 amide bonds. The summed E-state index contributed by atoms with van der Waals surface area (Å²) in [5.41, 5.74) is 0. The number of rotatable bonds is 43. The zero-order valence-electron chi connectivity index (χ0n) is 38.4. The van der Waals surface area contributed by atoms with Crippen molar-refractivity contribution in [3.05, 3.63) is 0 Å². The highest BCUT2D eigenvalue weighted by atomic mass is 16.6. The van der Waals surface area contributed by atoms with Crippen LogP contribution in [0.2, 0.25) is 0 Å². The molecule has 0 spiro atoms. The molecule has 0 aromatic carbocycles. The van der Waals surface area contributed by atoms with Crippen LogP contribution in [-0.2, 0) is 28.6 Å². The minimum absolute atomic E-state index is 0.0660. The summed E-state index contributed by atoms with van der Waals surface area (Å²) in [5, 5.41) is 0. The van der Waals surface area contributed by atoms with Crippen LogP contribution in [0.15, 0.2) is 0 Å². The lowest BCUT2D eigenvalue weighted by Crippen LogP contribution is -2.30. The third kappa shape index (κ3) is 39.2. The first-order valence-corrected chi connectivity index (χ1v) is 24.7. The van der Waals surface area contributed by atoms with Crippen molar-refractivity contribution in [2.24, 2.45) is 17.8 Å². The number of ether oxygens (including phenoxy) is 3. The van der Waals surface area contributed by atoms with E-state index in [4.69, 9.17) is 14.2 Å². The molecule has 0 aromatic rings. The van der Waals surface area contributed by atoms with Crippen molar-refractivity contribution in [3.8, 4) is 0 Å². The number of esters is 3. The summed E-state index contributed by atoms with van der Waals surface area (Å²) < 4.78 is 16.8. The van der Waals surface area contributed by atoms with Crippen LogP contribution in [0, 0.1) is 17.8 Å². The molecule has 0 fully saturated rings. The van der Waals surface area contributed by atoms with Gasteiger partial charge in [-0.1, -0.05) is 228 Å². The standard InChI is InChI=1S/C50H96O6/c1-7-44(4)36-30-24-18-14-10-12-16-20-27-33-39-48(51)54-42-47(43-55-49(52)40-34-28-23-22-26-32-38-46(6)9-3)56-50(53)41-35-29-21-17-13-11-15-19-25-31-37-45(5)8-2/h44-47H,7-43H2,1-6H3/t44?,45?,46?,47-/m1/s1. The van der Waals surface area contributed by atoms with Crippen LogP contribution < -0.4 is 0 Å². The predicted molar refractivity (Wildman–Crippen MR) is 238 cm³/mol. The van der Waals surface area contributed by atoms with E-state index in [0.717, 1.165) is 75.5 Å². The van der Waals surface area contributed by atoms with E-state index in [2.05, 4.69) is 41.5 Å². The maximum absolute atomic E-state index is 12.8. The van der Waals surface area contributed by atoms with Crippen molar-refractivity contribution in [2.45, 2.75) is 272 Å². The molecule has 6 nitrogen and oxygen atoms in total. The number of hydrogen-bond acceptors (Lipinski definition) is 6. The van der Waals surface area contributed by atoms with Crippen LogP contribution in [-0.4, -0.2) is 37.2 Å². The van der Waals surface area contributed by atoms with Gasteiger partial charge in [0.05, 0.1) is 0 Å². The van der Waals surface area contributed by atoms with Gasteiger partial charge in [0, 0.05) is 19.3 Å². The third-order valence-electron chi connectivity index (χ3n) is 12.2. The van der Waals surface area contributed by atoms with Gasteiger partial charge in [-0.15, -0.1) is 0 Å². The van der Waals surface area contributed by atoms with Crippen LogP contribution in [0.4, 0.5) is 0 Å². The highest BCUT2D eigenvalue weighted by molar-refractivity contribution is 5.71. The lowest BCUT2D eigenvalue weighted by atomic mass is 9.99. The fourth-order valence-electron chi connectivity index (χ4n) is 7.31. The van der Waals surface area contributed by atoms with Crippen LogP contribution >= 0.6 is 0 Å². The molecule has 0 aliphatic heterocycles. The van der Waals surface area contributed by atoms with Gasteiger partial charge in [0.1, 0.15) is 13.2 Å². The van der Waals surface area contributed by atoms with Gasteiger partial charge in [0.2, 0.25) is 0 Å². The van der Waals surface area contributed by atoms with E-state index in [0.29, 0.717) is 19.3 Å². The molecule has 0 aliphatic rings. The third-order valence-corrected chi connectivity index (χ3v) is 12.2. The number of hydrogen-bond donors (Lipinski definition) is 0. The Labute approximate surface area is 348 Å². The Hall–Kier alpha value is -1.59. The second-order valence-corrected chi connectivity index (χ2v) is 17.8. The summed E-state index contributed by atoms with van der Waals surface area (Å²) in [6, 6.07) is 0. The molecule has 0 bridgehead atoms. The second kappa shape index (κ2) is 41.6. The first-order chi connectivity index (χ1) is 27.2. The number of unbranched alkanes of at least 4 members (excludes halogenated alkanes) is 23. The zero-order chi connectivity index (χ0) is 41.3. The van der Waals surface area contributed by atoms with Crippen molar-refractivity contribution < 1.29 is 28.6 Å². The second-order valence-electron chi connectivity index (χ2n) is 17.8. The summed E-state index contributed by atoms with van der Waals surface area (Å²) in [4.78, 5) is 37.8. The molecular formula is C50H96O6. The molecule has 0 aromatic heterocycles. The molecular weight excluding hydrogens is 697 g/mol. The van der Waals surface area contributed by atoms with Crippen molar-refractivity contribution >= 4 is 17.9 Å². The average Bonchev–Trinajstić information content (AvgIpc) is 3.20. The average molecular weight is 793 g/mol. The van der Waals surface area contributed by atoms with Crippen molar-refractivity contribution in [2.75, 3.05) is 13.2 Å². The molecule has 3 unspecified atom stereocenters. The highest BCUT2D eigenvalue weighted by Gasteiger charge is 2.19. The van der Waals surface area contributed by atoms with Crippen LogP contribution in [0.3, 0.4) is 0 Å². The van der Waals surface area contributed by atoms with Gasteiger partial charge in [-0.3, -0.25) is 14.4 Å². The van der Waals surface area contributed by atoms with Gasteiger partial charge >= 0.3 is 17.9 Å². The molecule has 0 aliphatic carbocycles. The first kappa shape index (κ1) is 54.4. The Morgan fingerprint density at radius 2 is 0.571 bits per heavy atom. The van der Waals surface area contributed by atoms with E-state index in [-0.39, 0.29) is 31.1 Å². The summed E-state index contributed by atoms with van der Waals surface area (Å²) in [5.74, 6) is 1.69.